The predicted molar refractivity (Wildman–Crippen MR) is 84.5 cm³/mol. The zero-order chi connectivity index (χ0) is 14.9. The number of hydrogen-bond donors (Lipinski definition) is 1. The third-order valence-corrected chi connectivity index (χ3v) is 4.61. The predicted octanol–water partition coefficient (Wildman–Crippen LogP) is 4.10. The Morgan fingerprint density at radius 3 is 2.57 bits per heavy atom. The van der Waals surface area contributed by atoms with Crippen molar-refractivity contribution in [1.29, 1.82) is 0 Å². The fraction of sp³-hybridized carbons (Fsp3) is 0.471. The molecule has 4 heteroatoms. The number of benzene rings is 1. The van der Waals surface area contributed by atoms with Crippen molar-refractivity contribution in [3.05, 3.63) is 52.8 Å². The molecule has 21 heavy (non-hydrogen) atoms. The molecule has 1 atom stereocenters. The highest BCUT2D eigenvalue weighted by Gasteiger charge is 2.25. The molecule has 0 spiro atoms. The summed E-state index contributed by atoms with van der Waals surface area (Å²) in [5.74, 6) is 0. The molecule has 1 aliphatic rings. The number of nitrogens with zero attached hydrogens (tertiary/aromatic N) is 2. The van der Waals surface area contributed by atoms with Crippen LogP contribution in [0.1, 0.15) is 49.9 Å². The van der Waals surface area contributed by atoms with E-state index in [2.05, 4.69) is 9.78 Å². The van der Waals surface area contributed by atoms with Gasteiger partial charge in [-0.15, -0.1) is 0 Å². The van der Waals surface area contributed by atoms with Crippen molar-refractivity contribution < 1.29 is 5.11 Å². The number of rotatable bonds is 4. The normalized spacial score (nSPS) is 18.8. The van der Waals surface area contributed by atoms with E-state index in [-0.39, 0.29) is 0 Å². The van der Waals surface area contributed by atoms with Gasteiger partial charge in [-0.3, -0.25) is 4.68 Å². The van der Waals surface area contributed by atoms with E-state index in [1.165, 1.54) is 25.7 Å². The standard InChI is InChI=1S/C17H21ClN2O/c1-17(21,13-6-8-14(18)9-7-13)12-15-10-11-20(19-15)16-4-2-3-5-16/h6-11,16,21H,2-5,12H2,1H3. The van der Waals surface area contributed by atoms with Crippen molar-refractivity contribution in [3.63, 3.8) is 0 Å². The van der Waals surface area contributed by atoms with E-state index < -0.39 is 5.60 Å². The molecule has 1 unspecified atom stereocenters. The Bertz CT molecular complexity index is 598. The molecule has 0 amide bonds. The minimum Gasteiger partial charge on any atom is -0.385 e. The zero-order valence-corrected chi connectivity index (χ0v) is 13.1. The minimum atomic E-state index is -0.931. The maximum absolute atomic E-state index is 10.7. The van der Waals surface area contributed by atoms with Gasteiger partial charge in [0.25, 0.3) is 0 Å². The first-order valence-corrected chi connectivity index (χ1v) is 7.95. The van der Waals surface area contributed by atoms with Crippen molar-refractivity contribution >= 4 is 11.6 Å². The molecule has 1 saturated carbocycles. The second kappa shape index (κ2) is 5.82. The highest BCUT2D eigenvalue weighted by molar-refractivity contribution is 6.30. The van der Waals surface area contributed by atoms with Crippen LogP contribution in [-0.4, -0.2) is 14.9 Å². The summed E-state index contributed by atoms with van der Waals surface area (Å²) in [5.41, 5.74) is 0.864. The van der Waals surface area contributed by atoms with Crippen molar-refractivity contribution in [2.24, 2.45) is 0 Å². The van der Waals surface area contributed by atoms with E-state index in [0.717, 1.165) is 11.3 Å². The largest absolute Gasteiger partial charge is 0.385 e. The maximum Gasteiger partial charge on any atom is 0.0924 e. The number of aromatic nitrogens is 2. The SMILES string of the molecule is CC(O)(Cc1ccn(C2CCCC2)n1)c1ccc(Cl)cc1. The third kappa shape index (κ3) is 3.30. The lowest BCUT2D eigenvalue weighted by Crippen LogP contribution is -2.24. The van der Waals surface area contributed by atoms with Gasteiger partial charge in [-0.1, -0.05) is 36.6 Å². The fourth-order valence-corrected chi connectivity index (χ4v) is 3.23. The monoisotopic (exact) mass is 304 g/mol. The second-order valence-corrected chi connectivity index (χ2v) is 6.62. The Labute approximate surface area is 130 Å². The fourth-order valence-electron chi connectivity index (χ4n) is 3.11. The van der Waals surface area contributed by atoms with Gasteiger partial charge in [0.15, 0.2) is 0 Å². The van der Waals surface area contributed by atoms with Crippen LogP contribution < -0.4 is 0 Å². The molecule has 1 aromatic heterocycles. The lowest BCUT2D eigenvalue weighted by atomic mass is 9.91. The van der Waals surface area contributed by atoms with E-state index in [9.17, 15) is 5.11 Å². The first-order chi connectivity index (χ1) is 10.0. The summed E-state index contributed by atoms with van der Waals surface area (Å²) in [4.78, 5) is 0. The maximum atomic E-state index is 10.7. The Kier molecular flexibility index (Phi) is 4.05. The summed E-state index contributed by atoms with van der Waals surface area (Å²) >= 11 is 5.90. The molecule has 2 aromatic rings. The molecule has 1 N–H and O–H groups in total. The minimum absolute atomic E-state index is 0.508. The van der Waals surface area contributed by atoms with Gasteiger partial charge >= 0.3 is 0 Å². The first kappa shape index (κ1) is 14.6. The quantitative estimate of drug-likeness (QED) is 0.923. The average Bonchev–Trinajstić information content (AvgIpc) is 3.09. The molecule has 3 nitrogen and oxygen atoms in total. The summed E-state index contributed by atoms with van der Waals surface area (Å²) in [5, 5.41) is 16.0. The van der Waals surface area contributed by atoms with Crippen LogP contribution in [0.2, 0.25) is 5.02 Å². The van der Waals surface area contributed by atoms with Crippen molar-refractivity contribution in [1.82, 2.24) is 9.78 Å². The van der Waals surface area contributed by atoms with E-state index in [1.54, 1.807) is 0 Å². The van der Waals surface area contributed by atoms with E-state index in [0.29, 0.717) is 17.5 Å². The lowest BCUT2D eigenvalue weighted by Gasteiger charge is -2.23. The lowest BCUT2D eigenvalue weighted by molar-refractivity contribution is 0.0564. The number of halogens is 1. The Balaban J connectivity index is 1.74. The van der Waals surface area contributed by atoms with Gasteiger partial charge in [0.1, 0.15) is 0 Å². The molecule has 1 aliphatic carbocycles. The van der Waals surface area contributed by atoms with Crippen LogP contribution in [0.5, 0.6) is 0 Å². The van der Waals surface area contributed by atoms with Crippen molar-refractivity contribution in [2.75, 3.05) is 0 Å². The van der Waals surface area contributed by atoms with Gasteiger partial charge in [0.05, 0.1) is 17.3 Å². The Morgan fingerprint density at radius 1 is 1.24 bits per heavy atom. The molecular weight excluding hydrogens is 284 g/mol. The highest BCUT2D eigenvalue weighted by Crippen LogP contribution is 2.30. The van der Waals surface area contributed by atoms with Gasteiger partial charge in [-0.25, -0.2) is 0 Å². The van der Waals surface area contributed by atoms with Crippen LogP contribution in [0.3, 0.4) is 0 Å². The van der Waals surface area contributed by atoms with Gasteiger partial charge in [0, 0.05) is 17.6 Å². The van der Waals surface area contributed by atoms with Gasteiger partial charge < -0.3 is 5.11 Å². The van der Waals surface area contributed by atoms with Crippen LogP contribution in [-0.2, 0) is 12.0 Å². The molecular formula is C17H21ClN2O. The third-order valence-electron chi connectivity index (χ3n) is 4.35. The van der Waals surface area contributed by atoms with Gasteiger partial charge in [0.2, 0.25) is 0 Å². The molecule has 1 heterocycles. The van der Waals surface area contributed by atoms with Gasteiger partial charge in [-0.2, -0.15) is 5.10 Å². The molecule has 0 bridgehead atoms. The molecule has 0 radical (unpaired) electrons. The average molecular weight is 305 g/mol. The van der Waals surface area contributed by atoms with E-state index >= 15 is 0 Å². The smallest absolute Gasteiger partial charge is 0.0924 e. The molecule has 3 rings (SSSR count). The van der Waals surface area contributed by atoms with Crippen LogP contribution in [0.15, 0.2) is 36.5 Å². The first-order valence-electron chi connectivity index (χ1n) is 7.57. The second-order valence-electron chi connectivity index (χ2n) is 6.18. The summed E-state index contributed by atoms with van der Waals surface area (Å²) in [6.45, 7) is 1.82. The topological polar surface area (TPSA) is 38.0 Å². The van der Waals surface area contributed by atoms with Gasteiger partial charge in [-0.05, 0) is 43.5 Å². The Morgan fingerprint density at radius 2 is 1.90 bits per heavy atom. The molecule has 1 fully saturated rings. The molecule has 1 aromatic carbocycles. The molecule has 0 aliphatic heterocycles. The molecule has 0 saturated heterocycles. The van der Waals surface area contributed by atoms with Crippen LogP contribution in [0.25, 0.3) is 0 Å². The zero-order valence-electron chi connectivity index (χ0n) is 12.3. The summed E-state index contributed by atoms with van der Waals surface area (Å²) < 4.78 is 2.07. The van der Waals surface area contributed by atoms with Crippen molar-refractivity contribution in [3.8, 4) is 0 Å². The van der Waals surface area contributed by atoms with E-state index in [1.807, 2.05) is 43.5 Å². The van der Waals surface area contributed by atoms with Crippen LogP contribution >= 0.6 is 11.6 Å². The van der Waals surface area contributed by atoms with E-state index in [4.69, 9.17) is 11.6 Å². The van der Waals surface area contributed by atoms with Crippen LogP contribution in [0, 0.1) is 0 Å². The Hall–Kier alpha value is -1.32. The van der Waals surface area contributed by atoms with Crippen molar-refractivity contribution in [2.45, 2.75) is 50.7 Å². The summed E-state index contributed by atoms with van der Waals surface area (Å²) in [6, 6.07) is 9.92. The molecule has 112 valence electrons. The summed E-state index contributed by atoms with van der Waals surface area (Å²) in [6.07, 6.45) is 7.58. The number of aliphatic hydroxyl groups is 1. The number of hydrogen-bond acceptors (Lipinski definition) is 2. The highest BCUT2D eigenvalue weighted by atomic mass is 35.5. The summed E-state index contributed by atoms with van der Waals surface area (Å²) in [7, 11) is 0. The van der Waals surface area contributed by atoms with Crippen LogP contribution in [0.4, 0.5) is 0 Å².